The molecular formula is C26H22N4O3. The highest BCUT2D eigenvalue weighted by Crippen LogP contribution is 2.33. The molecule has 3 aromatic carbocycles. The number of benzene rings is 3. The fourth-order valence-corrected chi connectivity index (χ4v) is 4.01. The lowest BCUT2D eigenvalue weighted by Crippen LogP contribution is -2.32. The second-order valence-electron chi connectivity index (χ2n) is 7.89. The lowest BCUT2D eigenvalue weighted by Gasteiger charge is -2.22. The number of hydrogen-bond acceptors (Lipinski definition) is 5. The van der Waals surface area contributed by atoms with E-state index >= 15 is 0 Å². The van der Waals surface area contributed by atoms with Crippen LogP contribution < -0.4 is 0 Å². The maximum Gasteiger partial charge on any atom is 0.328 e. The lowest BCUT2D eigenvalue weighted by atomic mass is 10.1. The van der Waals surface area contributed by atoms with E-state index in [2.05, 4.69) is 10.2 Å². The Morgan fingerprint density at radius 1 is 0.697 bits per heavy atom. The highest BCUT2D eigenvalue weighted by molar-refractivity contribution is 6.04. The molecule has 0 radical (unpaired) electrons. The van der Waals surface area contributed by atoms with Crippen LogP contribution in [-0.2, 0) is 24.3 Å². The minimum atomic E-state index is -0.703. The number of nitrogens with zero attached hydrogens (tertiary/aromatic N) is 4. The van der Waals surface area contributed by atoms with Crippen molar-refractivity contribution in [2.45, 2.75) is 25.6 Å². The SMILES string of the molecule is O=C1C(c2ccccc2)N(Cc2ccccc2)C(=O)N1Cc1nnc(Cc2ccccc2)o1. The molecule has 1 unspecified atom stereocenters. The zero-order valence-electron chi connectivity index (χ0n) is 17.9. The Morgan fingerprint density at radius 2 is 1.27 bits per heavy atom. The van der Waals surface area contributed by atoms with Gasteiger partial charge in [-0.2, -0.15) is 0 Å². The van der Waals surface area contributed by atoms with Crippen molar-refractivity contribution in [2.24, 2.45) is 0 Å². The van der Waals surface area contributed by atoms with E-state index in [-0.39, 0.29) is 24.4 Å². The first-order valence-corrected chi connectivity index (χ1v) is 10.7. The molecule has 0 aliphatic carbocycles. The van der Waals surface area contributed by atoms with E-state index in [0.717, 1.165) is 16.7 Å². The molecule has 1 saturated heterocycles. The van der Waals surface area contributed by atoms with Gasteiger partial charge in [0.2, 0.25) is 11.8 Å². The number of carbonyl (C=O) groups excluding carboxylic acids is 2. The minimum absolute atomic E-state index is 0.0614. The maximum absolute atomic E-state index is 13.4. The number of hydrogen-bond donors (Lipinski definition) is 0. The average molecular weight is 438 g/mol. The molecule has 1 atom stereocenters. The third-order valence-electron chi connectivity index (χ3n) is 5.60. The van der Waals surface area contributed by atoms with Crippen LogP contribution in [0.5, 0.6) is 0 Å². The summed E-state index contributed by atoms with van der Waals surface area (Å²) in [5, 5.41) is 8.16. The second kappa shape index (κ2) is 9.08. The third-order valence-corrected chi connectivity index (χ3v) is 5.60. The van der Waals surface area contributed by atoms with Gasteiger partial charge in [-0.3, -0.25) is 9.69 Å². The maximum atomic E-state index is 13.4. The number of carbonyl (C=O) groups is 2. The van der Waals surface area contributed by atoms with Gasteiger partial charge in [-0.1, -0.05) is 91.0 Å². The second-order valence-corrected chi connectivity index (χ2v) is 7.89. The van der Waals surface area contributed by atoms with E-state index in [9.17, 15) is 9.59 Å². The van der Waals surface area contributed by atoms with E-state index in [4.69, 9.17) is 4.42 Å². The molecule has 1 aliphatic heterocycles. The van der Waals surface area contributed by atoms with Crippen LogP contribution in [0.1, 0.15) is 34.5 Å². The van der Waals surface area contributed by atoms with Crippen LogP contribution in [0.4, 0.5) is 4.79 Å². The summed E-state index contributed by atoms with van der Waals surface area (Å²) in [5.74, 6) is 0.372. The van der Waals surface area contributed by atoms with E-state index in [0.29, 0.717) is 18.9 Å². The van der Waals surface area contributed by atoms with Crippen molar-refractivity contribution in [1.82, 2.24) is 20.0 Å². The molecule has 7 nitrogen and oxygen atoms in total. The average Bonchev–Trinajstić information content (AvgIpc) is 3.39. The molecule has 2 heterocycles. The number of aromatic nitrogens is 2. The minimum Gasteiger partial charge on any atom is -0.423 e. The zero-order valence-corrected chi connectivity index (χ0v) is 17.9. The molecule has 1 fully saturated rings. The van der Waals surface area contributed by atoms with Crippen LogP contribution in [0.15, 0.2) is 95.4 Å². The molecule has 0 bridgehead atoms. The van der Waals surface area contributed by atoms with Crippen LogP contribution in [0.25, 0.3) is 0 Å². The summed E-state index contributed by atoms with van der Waals surface area (Å²) < 4.78 is 5.75. The summed E-state index contributed by atoms with van der Waals surface area (Å²) in [6.45, 7) is 0.263. The zero-order chi connectivity index (χ0) is 22.6. The van der Waals surface area contributed by atoms with Crippen molar-refractivity contribution >= 4 is 11.9 Å². The van der Waals surface area contributed by atoms with Gasteiger partial charge in [0.25, 0.3) is 5.91 Å². The van der Waals surface area contributed by atoms with Gasteiger partial charge in [0.05, 0.1) is 6.42 Å². The molecule has 5 rings (SSSR count). The predicted molar refractivity (Wildman–Crippen MR) is 121 cm³/mol. The standard InChI is InChI=1S/C26H22N4O3/c31-25-24(21-14-8-3-9-15-21)29(17-20-12-6-2-7-13-20)26(32)30(25)18-23-28-27-22(33-23)16-19-10-4-1-5-11-19/h1-15,24H,16-18H2. The molecule has 7 heteroatoms. The van der Waals surface area contributed by atoms with Gasteiger partial charge in [0.15, 0.2) is 0 Å². The molecule has 3 amide bonds. The molecule has 0 spiro atoms. The van der Waals surface area contributed by atoms with Gasteiger partial charge in [-0.05, 0) is 16.7 Å². The summed E-state index contributed by atoms with van der Waals surface area (Å²) in [4.78, 5) is 29.5. The molecule has 1 aliphatic rings. The number of imide groups is 1. The summed E-state index contributed by atoms with van der Waals surface area (Å²) in [7, 11) is 0. The number of urea groups is 1. The number of amides is 3. The first kappa shape index (κ1) is 20.6. The molecule has 0 saturated carbocycles. The van der Waals surface area contributed by atoms with Gasteiger partial charge in [0.1, 0.15) is 12.6 Å². The fourth-order valence-electron chi connectivity index (χ4n) is 4.01. The van der Waals surface area contributed by atoms with Gasteiger partial charge in [-0.15, -0.1) is 10.2 Å². The van der Waals surface area contributed by atoms with Crippen LogP contribution in [0.2, 0.25) is 0 Å². The van der Waals surface area contributed by atoms with Crippen LogP contribution in [0, 0.1) is 0 Å². The first-order valence-electron chi connectivity index (χ1n) is 10.7. The van der Waals surface area contributed by atoms with Gasteiger partial charge in [-0.25, -0.2) is 4.79 Å². The highest BCUT2D eigenvalue weighted by atomic mass is 16.4. The Kier molecular flexibility index (Phi) is 5.68. The third kappa shape index (κ3) is 4.39. The lowest BCUT2D eigenvalue weighted by molar-refractivity contribution is -0.129. The summed E-state index contributed by atoms with van der Waals surface area (Å²) >= 11 is 0. The first-order chi connectivity index (χ1) is 16.2. The van der Waals surface area contributed by atoms with Crippen LogP contribution in [-0.4, -0.2) is 31.9 Å². The molecule has 0 N–H and O–H groups in total. The molecule has 164 valence electrons. The Hall–Kier alpha value is -4.26. The Bertz CT molecular complexity index is 1240. The highest BCUT2D eigenvalue weighted by Gasteiger charge is 2.46. The molecule has 33 heavy (non-hydrogen) atoms. The quantitative estimate of drug-likeness (QED) is 0.401. The van der Waals surface area contributed by atoms with E-state index < -0.39 is 6.04 Å². The predicted octanol–water partition coefficient (Wildman–Crippen LogP) is 4.37. The summed E-state index contributed by atoms with van der Waals surface area (Å²) in [5.41, 5.74) is 2.76. The van der Waals surface area contributed by atoms with Crippen molar-refractivity contribution in [3.8, 4) is 0 Å². The van der Waals surface area contributed by atoms with Crippen molar-refractivity contribution in [1.29, 1.82) is 0 Å². The number of rotatable bonds is 7. The van der Waals surface area contributed by atoms with Gasteiger partial charge in [0, 0.05) is 6.54 Å². The Morgan fingerprint density at radius 3 is 1.94 bits per heavy atom. The van der Waals surface area contributed by atoms with Gasteiger partial charge < -0.3 is 9.32 Å². The Balaban J connectivity index is 1.38. The van der Waals surface area contributed by atoms with Crippen LogP contribution in [0.3, 0.4) is 0 Å². The van der Waals surface area contributed by atoms with Crippen molar-refractivity contribution < 1.29 is 14.0 Å². The topological polar surface area (TPSA) is 79.5 Å². The molecular weight excluding hydrogens is 416 g/mol. The van der Waals surface area contributed by atoms with Crippen molar-refractivity contribution in [3.63, 3.8) is 0 Å². The van der Waals surface area contributed by atoms with E-state index in [1.54, 1.807) is 4.90 Å². The van der Waals surface area contributed by atoms with E-state index in [1.165, 1.54) is 4.90 Å². The van der Waals surface area contributed by atoms with Crippen molar-refractivity contribution in [2.75, 3.05) is 0 Å². The van der Waals surface area contributed by atoms with E-state index in [1.807, 2.05) is 91.0 Å². The van der Waals surface area contributed by atoms with Gasteiger partial charge >= 0.3 is 6.03 Å². The summed E-state index contributed by atoms with van der Waals surface area (Å²) in [6, 6.07) is 27.7. The molecule has 4 aromatic rings. The van der Waals surface area contributed by atoms with Crippen molar-refractivity contribution in [3.05, 3.63) is 119 Å². The monoisotopic (exact) mass is 438 g/mol. The fraction of sp³-hybridized carbons (Fsp3) is 0.154. The van der Waals surface area contributed by atoms with Crippen LogP contribution >= 0.6 is 0 Å². The largest absolute Gasteiger partial charge is 0.423 e. The smallest absolute Gasteiger partial charge is 0.328 e. The molecule has 1 aromatic heterocycles. The summed E-state index contributed by atoms with van der Waals surface area (Å²) in [6.07, 6.45) is 0.489. The normalized spacial score (nSPS) is 15.9. The Labute approximate surface area is 191 Å².